The number of carbonyl (C=O) groups excluding carboxylic acids is 2. The minimum absolute atomic E-state index is 0.140. The molecule has 0 fully saturated rings. The quantitative estimate of drug-likeness (QED) is 0.244. The van der Waals surface area contributed by atoms with Gasteiger partial charge in [0.2, 0.25) is 11.8 Å². The Morgan fingerprint density at radius 3 is 2.39 bits per heavy atom. The van der Waals surface area contributed by atoms with E-state index in [4.69, 9.17) is 11.5 Å². The van der Waals surface area contributed by atoms with Crippen LogP contribution in [0.4, 0.5) is 0 Å². The molecule has 10 heteroatoms. The van der Waals surface area contributed by atoms with Gasteiger partial charge in [0.25, 0.3) is 0 Å². The van der Waals surface area contributed by atoms with Gasteiger partial charge in [0, 0.05) is 18.3 Å². The van der Waals surface area contributed by atoms with Crippen molar-refractivity contribution in [2.24, 2.45) is 17.4 Å². The number of carbonyl (C=O) groups is 3. The third-order valence-electron chi connectivity index (χ3n) is 4.24. The Kier molecular flexibility index (Phi) is 10.2. The van der Waals surface area contributed by atoms with Gasteiger partial charge in [-0.3, -0.25) is 9.59 Å². The fraction of sp³-hybridized carbons (Fsp3) is 0.667. The Balaban J connectivity index is 2.82. The molecule has 0 aromatic carbocycles. The van der Waals surface area contributed by atoms with E-state index < -0.39 is 35.9 Å². The molecule has 28 heavy (non-hydrogen) atoms. The number of H-pyrrole nitrogens is 1. The normalized spacial score (nSPS) is 14.3. The molecule has 0 unspecified atom stereocenters. The van der Waals surface area contributed by atoms with Gasteiger partial charge >= 0.3 is 5.97 Å². The largest absolute Gasteiger partial charge is 0.480 e. The van der Waals surface area contributed by atoms with E-state index >= 15 is 0 Å². The fourth-order valence-corrected chi connectivity index (χ4v) is 2.74. The van der Waals surface area contributed by atoms with E-state index in [1.807, 2.05) is 13.8 Å². The lowest BCUT2D eigenvalue weighted by Crippen LogP contribution is -2.55. The Morgan fingerprint density at radius 1 is 1.18 bits per heavy atom. The second kappa shape index (κ2) is 12.1. The smallest absolute Gasteiger partial charge is 0.326 e. The molecule has 0 saturated heterocycles. The number of unbranched alkanes of at least 4 members (excludes halogenated alkanes) is 1. The van der Waals surface area contributed by atoms with Crippen molar-refractivity contribution in [3.8, 4) is 0 Å². The van der Waals surface area contributed by atoms with Crippen LogP contribution in [0.25, 0.3) is 0 Å². The summed E-state index contributed by atoms with van der Waals surface area (Å²) in [5.74, 6) is -1.95. The summed E-state index contributed by atoms with van der Waals surface area (Å²) >= 11 is 0. The summed E-state index contributed by atoms with van der Waals surface area (Å²) < 4.78 is 0. The highest BCUT2D eigenvalue weighted by atomic mass is 16.4. The minimum Gasteiger partial charge on any atom is -0.480 e. The lowest BCUT2D eigenvalue weighted by Gasteiger charge is -2.23. The Morgan fingerprint density at radius 2 is 1.86 bits per heavy atom. The summed E-state index contributed by atoms with van der Waals surface area (Å²) in [5.41, 5.74) is 12.0. The highest BCUT2D eigenvalue weighted by Gasteiger charge is 2.28. The number of imidazole rings is 1. The number of aromatic amines is 1. The first-order valence-corrected chi connectivity index (χ1v) is 9.51. The second-order valence-electron chi connectivity index (χ2n) is 7.26. The second-order valence-corrected chi connectivity index (χ2v) is 7.26. The average Bonchev–Trinajstić information content (AvgIpc) is 3.12. The number of nitrogens with zero attached hydrogens (tertiary/aromatic N) is 1. The van der Waals surface area contributed by atoms with Gasteiger partial charge in [-0.15, -0.1) is 0 Å². The summed E-state index contributed by atoms with van der Waals surface area (Å²) in [6.07, 6.45) is 5.11. The van der Waals surface area contributed by atoms with E-state index in [9.17, 15) is 19.5 Å². The molecule has 10 nitrogen and oxygen atoms in total. The van der Waals surface area contributed by atoms with E-state index in [-0.39, 0.29) is 18.8 Å². The molecule has 1 heterocycles. The van der Waals surface area contributed by atoms with E-state index in [0.29, 0.717) is 31.5 Å². The van der Waals surface area contributed by atoms with Crippen LogP contribution < -0.4 is 22.1 Å². The third-order valence-corrected chi connectivity index (χ3v) is 4.24. The van der Waals surface area contributed by atoms with Crippen LogP contribution in [0.1, 0.15) is 45.2 Å². The molecule has 0 bridgehead atoms. The number of carboxylic acid groups (broad SMARTS) is 1. The fourth-order valence-electron chi connectivity index (χ4n) is 2.74. The van der Waals surface area contributed by atoms with Crippen LogP contribution in [-0.2, 0) is 20.8 Å². The molecule has 2 amide bonds. The Labute approximate surface area is 164 Å². The van der Waals surface area contributed by atoms with Gasteiger partial charge in [0.15, 0.2) is 0 Å². The number of nitrogens with one attached hydrogen (secondary N) is 3. The number of nitrogens with two attached hydrogens (primary N) is 2. The van der Waals surface area contributed by atoms with Crippen LogP contribution >= 0.6 is 0 Å². The number of amides is 2. The summed E-state index contributed by atoms with van der Waals surface area (Å²) in [6.45, 7) is 4.34. The van der Waals surface area contributed by atoms with Gasteiger partial charge in [-0.2, -0.15) is 0 Å². The third kappa shape index (κ3) is 8.49. The molecule has 0 aliphatic carbocycles. The van der Waals surface area contributed by atoms with Gasteiger partial charge in [-0.05, 0) is 38.1 Å². The molecule has 0 spiro atoms. The topological polar surface area (TPSA) is 176 Å². The SMILES string of the molecule is CC(C)C[C@H](N)C(=O)N[C@@H](Cc1cnc[nH]1)C(=O)N[C@@H](CCCCN)C(=O)O. The standard InChI is InChI=1S/C18H32N6O4/c1-11(2)7-13(20)16(25)24-15(8-12-9-21-10-22-12)17(26)23-14(18(27)28)5-3-4-6-19/h9-11,13-15H,3-8,19-20H2,1-2H3,(H,21,22)(H,23,26)(H,24,25)(H,27,28)/t13-,14-,15-/m0/s1. The molecule has 0 saturated carbocycles. The van der Waals surface area contributed by atoms with Gasteiger partial charge < -0.3 is 32.2 Å². The van der Waals surface area contributed by atoms with Crippen LogP contribution in [0.15, 0.2) is 12.5 Å². The zero-order chi connectivity index (χ0) is 21.1. The number of hydrogen-bond donors (Lipinski definition) is 6. The number of hydrogen-bond acceptors (Lipinski definition) is 6. The lowest BCUT2D eigenvalue weighted by molar-refractivity contribution is -0.142. The molecule has 158 valence electrons. The van der Waals surface area contributed by atoms with Crippen LogP contribution in [0.3, 0.4) is 0 Å². The van der Waals surface area contributed by atoms with Crippen LogP contribution in [-0.4, -0.2) is 57.5 Å². The van der Waals surface area contributed by atoms with Crippen LogP contribution in [0.5, 0.6) is 0 Å². The van der Waals surface area contributed by atoms with Crippen molar-refractivity contribution in [1.29, 1.82) is 0 Å². The zero-order valence-corrected chi connectivity index (χ0v) is 16.5. The predicted octanol–water partition coefficient (Wildman–Crippen LogP) is -0.491. The summed E-state index contributed by atoms with van der Waals surface area (Å²) in [6, 6.07) is -2.77. The van der Waals surface area contributed by atoms with Crippen molar-refractivity contribution in [3.05, 3.63) is 18.2 Å². The maximum atomic E-state index is 12.7. The molecule has 0 radical (unpaired) electrons. The first-order chi connectivity index (χ1) is 13.2. The van der Waals surface area contributed by atoms with Gasteiger partial charge in [-0.25, -0.2) is 9.78 Å². The van der Waals surface area contributed by atoms with Gasteiger partial charge in [-0.1, -0.05) is 13.8 Å². The van der Waals surface area contributed by atoms with Gasteiger partial charge in [0.1, 0.15) is 12.1 Å². The summed E-state index contributed by atoms with van der Waals surface area (Å²) in [7, 11) is 0. The molecule has 1 rings (SSSR count). The van der Waals surface area contributed by atoms with Crippen molar-refractivity contribution >= 4 is 17.8 Å². The Bertz CT molecular complexity index is 620. The maximum absolute atomic E-state index is 12.7. The number of rotatable bonds is 13. The van der Waals surface area contributed by atoms with Crippen molar-refractivity contribution in [1.82, 2.24) is 20.6 Å². The number of aromatic nitrogens is 2. The van der Waals surface area contributed by atoms with E-state index in [1.165, 1.54) is 12.5 Å². The molecule has 3 atom stereocenters. The van der Waals surface area contributed by atoms with E-state index in [2.05, 4.69) is 20.6 Å². The van der Waals surface area contributed by atoms with Crippen molar-refractivity contribution < 1.29 is 19.5 Å². The van der Waals surface area contributed by atoms with E-state index in [0.717, 1.165) is 0 Å². The monoisotopic (exact) mass is 396 g/mol. The average molecular weight is 396 g/mol. The van der Waals surface area contributed by atoms with Gasteiger partial charge in [0.05, 0.1) is 12.4 Å². The summed E-state index contributed by atoms with van der Waals surface area (Å²) in [4.78, 5) is 43.3. The summed E-state index contributed by atoms with van der Waals surface area (Å²) in [5, 5.41) is 14.5. The highest BCUT2D eigenvalue weighted by molar-refractivity contribution is 5.91. The lowest BCUT2D eigenvalue weighted by atomic mass is 10.0. The first kappa shape index (κ1) is 23.6. The molecule has 1 aromatic rings. The molecule has 0 aliphatic rings. The van der Waals surface area contributed by atoms with Crippen LogP contribution in [0.2, 0.25) is 0 Å². The highest BCUT2D eigenvalue weighted by Crippen LogP contribution is 2.06. The maximum Gasteiger partial charge on any atom is 0.326 e. The molecule has 1 aromatic heterocycles. The number of aliphatic carboxylic acids is 1. The minimum atomic E-state index is -1.13. The molecular weight excluding hydrogens is 364 g/mol. The molecule has 0 aliphatic heterocycles. The van der Waals surface area contributed by atoms with Crippen molar-refractivity contribution in [2.45, 2.75) is 64.1 Å². The van der Waals surface area contributed by atoms with Crippen molar-refractivity contribution in [3.63, 3.8) is 0 Å². The molecule has 8 N–H and O–H groups in total. The Hall–Kier alpha value is -2.46. The zero-order valence-electron chi connectivity index (χ0n) is 16.5. The van der Waals surface area contributed by atoms with Crippen LogP contribution in [0, 0.1) is 5.92 Å². The number of carboxylic acids is 1. The van der Waals surface area contributed by atoms with E-state index in [1.54, 1.807) is 0 Å². The molecular formula is C18H32N6O4. The van der Waals surface area contributed by atoms with Crippen molar-refractivity contribution in [2.75, 3.05) is 6.54 Å². The first-order valence-electron chi connectivity index (χ1n) is 9.51. The predicted molar refractivity (Wildman–Crippen MR) is 104 cm³/mol.